The summed E-state index contributed by atoms with van der Waals surface area (Å²) in [5, 5.41) is 3.94. The zero-order chi connectivity index (χ0) is 12.5. The van der Waals surface area contributed by atoms with Crippen LogP contribution < -0.4 is 10.1 Å². The summed E-state index contributed by atoms with van der Waals surface area (Å²) < 4.78 is 10.5. The quantitative estimate of drug-likeness (QED) is 0.727. The molecule has 96 valence electrons. The summed E-state index contributed by atoms with van der Waals surface area (Å²) in [6, 6.07) is 5.80. The minimum absolute atomic E-state index is 0.621. The molecule has 0 aliphatic rings. The molecule has 0 aliphatic carbocycles. The molecule has 0 fully saturated rings. The molecule has 0 aliphatic heterocycles. The van der Waals surface area contributed by atoms with Crippen LogP contribution in [0.3, 0.4) is 0 Å². The fourth-order valence-corrected chi connectivity index (χ4v) is 1.71. The third-order valence-electron chi connectivity index (χ3n) is 2.33. The van der Waals surface area contributed by atoms with Crippen LogP contribution in [0.1, 0.15) is 12.0 Å². The van der Waals surface area contributed by atoms with Gasteiger partial charge in [0, 0.05) is 20.3 Å². The maximum Gasteiger partial charge on any atom is 0.137 e. The van der Waals surface area contributed by atoms with Crippen molar-refractivity contribution >= 4 is 11.6 Å². The van der Waals surface area contributed by atoms with Crippen molar-refractivity contribution in [1.82, 2.24) is 5.32 Å². The van der Waals surface area contributed by atoms with Gasteiger partial charge in [-0.3, -0.25) is 0 Å². The Hall–Kier alpha value is -0.770. The summed E-state index contributed by atoms with van der Waals surface area (Å²) in [6.45, 7) is 5.17. The molecule has 0 amide bonds. The van der Waals surface area contributed by atoms with E-state index in [1.165, 1.54) is 0 Å². The lowest BCUT2D eigenvalue weighted by atomic mass is 10.2. The number of ether oxygens (including phenoxy) is 2. The smallest absolute Gasteiger partial charge is 0.137 e. The Bertz CT molecular complexity index is 331. The monoisotopic (exact) mass is 257 g/mol. The van der Waals surface area contributed by atoms with E-state index in [0.717, 1.165) is 37.4 Å². The fraction of sp³-hybridized carbons (Fsp3) is 0.538. The van der Waals surface area contributed by atoms with E-state index < -0.39 is 0 Å². The molecule has 0 spiro atoms. The maximum atomic E-state index is 6.05. The summed E-state index contributed by atoms with van der Waals surface area (Å²) in [7, 11) is 1.71. The molecular formula is C13H20ClNO2. The second-order valence-corrected chi connectivity index (χ2v) is 4.29. The normalized spacial score (nSPS) is 10.5. The SMILES string of the molecule is COCCCNCCOc1ccc(C)cc1Cl. The zero-order valence-corrected chi connectivity index (χ0v) is 11.2. The van der Waals surface area contributed by atoms with Gasteiger partial charge in [-0.2, -0.15) is 0 Å². The first kappa shape index (κ1) is 14.3. The predicted octanol–water partition coefficient (Wildman–Crippen LogP) is 2.65. The molecular weight excluding hydrogens is 238 g/mol. The average Bonchev–Trinajstić information content (AvgIpc) is 2.30. The van der Waals surface area contributed by atoms with Crippen molar-refractivity contribution in [2.75, 3.05) is 33.4 Å². The van der Waals surface area contributed by atoms with Crippen LogP contribution >= 0.6 is 11.6 Å². The third-order valence-corrected chi connectivity index (χ3v) is 2.62. The van der Waals surface area contributed by atoms with Gasteiger partial charge >= 0.3 is 0 Å². The number of hydrogen-bond donors (Lipinski definition) is 1. The van der Waals surface area contributed by atoms with Crippen LogP contribution in [0.4, 0.5) is 0 Å². The number of halogens is 1. The first-order chi connectivity index (χ1) is 8.24. The molecule has 1 N–H and O–H groups in total. The van der Waals surface area contributed by atoms with Gasteiger partial charge in [0.1, 0.15) is 12.4 Å². The van der Waals surface area contributed by atoms with Crippen LogP contribution in [-0.2, 0) is 4.74 Å². The average molecular weight is 258 g/mol. The minimum atomic E-state index is 0.621. The first-order valence-electron chi connectivity index (χ1n) is 5.82. The molecule has 0 bridgehead atoms. The van der Waals surface area contributed by atoms with Gasteiger partial charge in [0.2, 0.25) is 0 Å². The third kappa shape index (κ3) is 5.91. The summed E-state index contributed by atoms with van der Waals surface area (Å²) >= 11 is 6.05. The molecule has 0 saturated carbocycles. The van der Waals surface area contributed by atoms with Gasteiger partial charge in [-0.1, -0.05) is 17.7 Å². The highest BCUT2D eigenvalue weighted by Gasteiger charge is 2.00. The van der Waals surface area contributed by atoms with Gasteiger partial charge < -0.3 is 14.8 Å². The molecule has 0 saturated heterocycles. The highest BCUT2D eigenvalue weighted by molar-refractivity contribution is 6.32. The van der Waals surface area contributed by atoms with Crippen molar-refractivity contribution in [2.45, 2.75) is 13.3 Å². The lowest BCUT2D eigenvalue weighted by Gasteiger charge is -2.09. The Kier molecular flexibility index (Phi) is 7.01. The fourth-order valence-electron chi connectivity index (χ4n) is 1.42. The summed E-state index contributed by atoms with van der Waals surface area (Å²) in [4.78, 5) is 0. The van der Waals surface area contributed by atoms with Crippen molar-refractivity contribution in [2.24, 2.45) is 0 Å². The van der Waals surface area contributed by atoms with E-state index in [2.05, 4.69) is 5.32 Å². The van der Waals surface area contributed by atoms with Crippen molar-refractivity contribution in [1.29, 1.82) is 0 Å². The molecule has 17 heavy (non-hydrogen) atoms. The molecule has 0 aromatic heterocycles. The molecule has 0 atom stereocenters. The van der Waals surface area contributed by atoms with Crippen LogP contribution in [-0.4, -0.2) is 33.4 Å². The zero-order valence-electron chi connectivity index (χ0n) is 10.5. The van der Waals surface area contributed by atoms with E-state index in [1.54, 1.807) is 7.11 Å². The van der Waals surface area contributed by atoms with Crippen LogP contribution in [0.2, 0.25) is 5.02 Å². The van der Waals surface area contributed by atoms with Crippen LogP contribution in [0.15, 0.2) is 18.2 Å². The van der Waals surface area contributed by atoms with Gasteiger partial charge in [-0.25, -0.2) is 0 Å². The Balaban J connectivity index is 2.14. The standard InChI is InChI=1S/C13H20ClNO2/c1-11-4-5-13(12(14)10-11)17-9-7-15-6-3-8-16-2/h4-5,10,15H,3,6-9H2,1-2H3. The molecule has 1 aromatic carbocycles. The van der Waals surface area contributed by atoms with Crippen LogP contribution in [0.25, 0.3) is 0 Å². The molecule has 1 aromatic rings. The topological polar surface area (TPSA) is 30.5 Å². The van der Waals surface area contributed by atoms with Gasteiger partial charge in [-0.05, 0) is 37.6 Å². The van der Waals surface area contributed by atoms with Crippen molar-refractivity contribution in [3.8, 4) is 5.75 Å². The van der Waals surface area contributed by atoms with Crippen LogP contribution in [0.5, 0.6) is 5.75 Å². The van der Waals surface area contributed by atoms with Crippen molar-refractivity contribution < 1.29 is 9.47 Å². The second-order valence-electron chi connectivity index (χ2n) is 3.88. The number of aryl methyl sites for hydroxylation is 1. The Morgan fingerprint density at radius 1 is 1.24 bits per heavy atom. The lowest BCUT2D eigenvalue weighted by Crippen LogP contribution is -2.22. The number of nitrogens with one attached hydrogen (secondary N) is 1. The van der Waals surface area contributed by atoms with E-state index in [9.17, 15) is 0 Å². The van der Waals surface area contributed by atoms with E-state index in [1.807, 2.05) is 25.1 Å². The van der Waals surface area contributed by atoms with Crippen molar-refractivity contribution in [3.05, 3.63) is 28.8 Å². The van der Waals surface area contributed by atoms with Gasteiger partial charge in [0.05, 0.1) is 5.02 Å². The number of benzene rings is 1. The lowest BCUT2D eigenvalue weighted by molar-refractivity contribution is 0.193. The minimum Gasteiger partial charge on any atom is -0.491 e. The molecule has 0 heterocycles. The van der Waals surface area contributed by atoms with E-state index >= 15 is 0 Å². The largest absolute Gasteiger partial charge is 0.491 e. The summed E-state index contributed by atoms with van der Waals surface area (Å²) in [5.74, 6) is 0.746. The predicted molar refractivity (Wildman–Crippen MR) is 71.0 cm³/mol. The number of methoxy groups -OCH3 is 1. The van der Waals surface area contributed by atoms with Gasteiger partial charge in [0.25, 0.3) is 0 Å². The Morgan fingerprint density at radius 2 is 2.06 bits per heavy atom. The highest BCUT2D eigenvalue weighted by atomic mass is 35.5. The van der Waals surface area contributed by atoms with E-state index in [0.29, 0.717) is 11.6 Å². The van der Waals surface area contributed by atoms with Crippen molar-refractivity contribution in [3.63, 3.8) is 0 Å². The number of hydrogen-bond acceptors (Lipinski definition) is 3. The van der Waals surface area contributed by atoms with E-state index in [4.69, 9.17) is 21.1 Å². The Morgan fingerprint density at radius 3 is 2.76 bits per heavy atom. The number of rotatable bonds is 8. The molecule has 1 rings (SSSR count). The van der Waals surface area contributed by atoms with Gasteiger partial charge in [-0.15, -0.1) is 0 Å². The Labute approximate surface area is 108 Å². The first-order valence-corrected chi connectivity index (χ1v) is 6.20. The second kappa shape index (κ2) is 8.34. The highest BCUT2D eigenvalue weighted by Crippen LogP contribution is 2.24. The molecule has 4 heteroatoms. The molecule has 3 nitrogen and oxygen atoms in total. The summed E-state index contributed by atoms with van der Waals surface area (Å²) in [5.41, 5.74) is 1.14. The summed E-state index contributed by atoms with van der Waals surface area (Å²) in [6.07, 6.45) is 1.02. The van der Waals surface area contributed by atoms with E-state index in [-0.39, 0.29) is 0 Å². The van der Waals surface area contributed by atoms with Crippen LogP contribution in [0, 0.1) is 6.92 Å². The maximum absolute atomic E-state index is 6.05. The molecule has 0 radical (unpaired) electrons. The van der Waals surface area contributed by atoms with Gasteiger partial charge in [0.15, 0.2) is 0 Å². The molecule has 0 unspecified atom stereocenters.